The maximum Gasteiger partial charge on any atom is 0.337 e. The normalized spacial score (nSPS) is 10.2. The number of aromatic carboxylic acids is 1. The van der Waals surface area contributed by atoms with Crippen LogP contribution in [0.15, 0.2) is 56.7 Å². The average molecular weight is 354 g/mol. The van der Waals surface area contributed by atoms with Crippen LogP contribution in [0.3, 0.4) is 0 Å². The van der Waals surface area contributed by atoms with Crippen LogP contribution >= 0.6 is 27.7 Å². The van der Waals surface area contributed by atoms with Gasteiger partial charge in [0.05, 0.1) is 10.5 Å². The summed E-state index contributed by atoms with van der Waals surface area (Å²) in [4.78, 5) is 22.6. The molecule has 0 bridgehead atoms. The van der Waals surface area contributed by atoms with Gasteiger partial charge in [-0.1, -0.05) is 27.7 Å². The topological polar surface area (TPSA) is 80.4 Å². The van der Waals surface area contributed by atoms with E-state index in [4.69, 9.17) is 5.11 Å². The van der Waals surface area contributed by atoms with Crippen LogP contribution in [0.1, 0.15) is 10.4 Å². The summed E-state index contributed by atoms with van der Waals surface area (Å²) in [6.45, 7) is 0. The Bertz CT molecular complexity index is 673. The fraction of sp³-hybridized carbons (Fsp3) is 0. The maximum atomic E-state index is 11.2. The highest BCUT2D eigenvalue weighted by Gasteiger charge is 2.16. The van der Waals surface area contributed by atoms with Gasteiger partial charge in [0.25, 0.3) is 5.69 Å². The number of nitro benzene ring substituents is 1. The molecule has 20 heavy (non-hydrogen) atoms. The van der Waals surface area contributed by atoms with Crippen LogP contribution in [0.4, 0.5) is 5.69 Å². The number of nitrogens with zero attached hydrogens (tertiary/aromatic N) is 1. The quantitative estimate of drug-likeness (QED) is 0.657. The molecule has 7 heteroatoms. The van der Waals surface area contributed by atoms with Crippen LogP contribution in [0.5, 0.6) is 0 Å². The number of carboxylic acid groups (broad SMARTS) is 1. The lowest BCUT2D eigenvalue weighted by Gasteiger charge is -2.06. The molecule has 0 heterocycles. The van der Waals surface area contributed by atoms with Crippen LogP contribution in [0.2, 0.25) is 0 Å². The third-order valence-electron chi connectivity index (χ3n) is 2.45. The molecule has 0 saturated carbocycles. The van der Waals surface area contributed by atoms with Crippen molar-refractivity contribution in [3.63, 3.8) is 0 Å². The smallest absolute Gasteiger partial charge is 0.337 e. The number of nitro groups is 1. The zero-order valence-corrected chi connectivity index (χ0v) is 12.3. The maximum absolute atomic E-state index is 11.2. The van der Waals surface area contributed by atoms with Gasteiger partial charge in [-0.15, -0.1) is 0 Å². The minimum absolute atomic E-state index is 0.0767. The van der Waals surface area contributed by atoms with E-state index < -0.39 is 10.9 Å². The van der Waals surface area contributed by atoms with E-state index >= 15 is 0 Å². The van der Waals surface area contributed by atoms with Gasteiger partial charge in [0.1, 0.15) is 0 Å². The van der Waals surface area contributed by atoms with Crippen LogP contribution in [-0.2, 0) is 0 Å². The van der Waals surface area contributed by atoms with Gasteiger partial charge < -0.3 is 5.11 Å². The first kappa shape index (κ1) is 14.5. The number of halogens is 1. The van der Waals surface area contributed by atoms with Crippen molar-refractivity contribution in [1.82, 2.24) is 0 Å². The molecule has 0 unspecified atom stereocenters. The Kier molecular flexibility index (Phi) is 4.41. The highest BCUT2D eigenvalue weighted by molar-refractivity contribution is 9.10. The van der Waals surface area contributed by atoms with Crippen molar-refractivity contribution in [3.8, 4) is 0 Å². The van der Waals surface area contributed by atoms with E-state index in [0.29, 0.717) is 4.90 Å². The number of hydrogen-bond donors (Lipinski definition) is 1. The highest BCUT2D eigenvalue weighted by atomic mass is 79.9. The molecule has 2 aromatic rings. The van der Waals surface area contributed by atoms with Gasteiger partial charge >= 0.3 is 5.97 Å². The Balaban J connectivity index is 2.38. The molecule has 0 aliphatic carbocycles. The minimum Gasteiger partial charge on any atom is -0.478 e. The van der Waals surface area contributed by atoms with Crippen molar-refractivity contribution in [2.45, 2.75) is 9.79 Å². The summed E-state index contributed by atoms with van der Waals surface area (Å²) in [5.41, 5.74) is -0.310. The summed E-state index contributed by atoms with van der Waals surface area (Å²) in [6, 6.07) is 11.2. The summed E-state index contributed by atoms with van der Waals surface area (Å²) in [6.07, 6.45) is 0. The van der Waals surface area contributed by atoms with Crippen molar-refractivity contribution in [2.75, 3.05) is 0 Å². The minimum atomic E-state index is -1.19. The molecule has 0 aliphatic rings. The predicted octanol–water partition coefficient (Wildman–Crippen LogP) is 4.21. The molecule has 102 valence electrons. The first-order chi connectivity index (χ1) is 9.47. The van der Waals surface area contributed by atoms with Crippen molar-refractivity contribution in [2.24, 2.45) is 0 Å². The Morgan fingerprint density at radius 1 is 1.20 bits per heavy atom. The molecule has 0 aromatic heterocycles. The third-order valence-corrected chi connectivity index (χ3v) is 4.06. The molecule has 0 atom stereocenters. The van der Waals surface area contributed by atoms with Crippen molar-refractivity contribution in [3.05, 3.63) is 62.6 Å². The summed E-state index contributed by atoms with van der Waals surface area (Å²) in [5.74, 6) is -1.19. The van der Waals surface area contributed by atoms with E-state index in [1.165, 1.54) is 23.9 Å². The number of carboxylic acids is 1. The summed E-state index contributed by atoms with van der Waals surface area (Å²) in [7, 11) is 0. The van der Waals surface area contributed by atoms with E-state index in [2.05, 4.69) is 15.9 Å². The van der Waals surface area contributed by atoms with Crippen molar-refractivity contribution < 1.29 is 14.8 Å². The zero-order valence-electron chi connectivity index (χ0n) is 9.95. The van der Waals surface area contributed by atoms with Gasteiger partial charge in [-0.3, -0.25) is 10.1 Å². The molecule has 2 rings (SSSR count). The van der Waals surface area contributed by atoms with E-state index in [0.717, 1.165) is 15.4 Å². The molecule has 0 amide bonds. The Morgan fingerprint density at radius 2 is 1.85 bits per heavy atom. The predicted molar refractivity (Wildman–Crippen MR) is 78.3 cm³/mol. The van der Waals surface area contributed by atoms with Gasteiger partial charge in [-0.25, -0.2) is 4.79 Å². The molecule has 0 fully saturated rings. The second-order valence-corrected chi connectivity index (χ2v) is 5.83. The highest BCUT2D eigenvalue weighted by Crippen LogP contribution is 2.33. The van der Waals surface area contributed by atoms with Crippen molar-refractivity contribution >= 4 is 39.3 Å². The van der Waals surface area contributed by atoms with Crippen LogP contribution in [0, 0.1) is 10.1 Å². The largest absolute Gasteiger partial charge is 0.478 e. The lowest BCUT2D eigenvalue weighted by atomic mass is 10.2. The van der Waals surface area contributed by atoms with Gasteiger partial charge in [0.2, 0.25) is 0 Å². The first-order valence-corrected chi connectivity index (χ1v) is 7.03. The summed E-state index contributed by atoms with van der Waals surface area (Å²) >= 11 is 4.56. The Morgan fingerprint density at radius 3 is 2.40 bits per heavy atom. The molecule has 0 aliphatic heterocycles. The Hall–Kier alpha value is -1.86. The number of hydrogen-bond acceptors (Lipinski definition) is 4. The van der Waals surface area contributed by atoms with Gasteiger partial charge in [0.15, 0.2) is 0 Å². The number of non-ortho nitro benzene ring substituents is 1. The van der Waals surface area contributed by atoms with E-state index in [1.807, 2.05) is 24.3 Å². The fourth-order valence-corrected chi connectivity index (χ4v) is 2.70. The lowest BCUT2D eigenvalue weighted by molar-refractivity contribution is -0.384. The zero-order chi connectivity index (χ0) is 14.7. The van der Waals surface area contributed by atoms with E-state index in [-0.39, 0.29) is 11.3 Å². The number of benzene rings is 2. The Labute approximate surface area is 126 Å². The molecule has 0 radical (unpaired) electrons. The van der Waals surface area contributed by atoms with E-state index in [9.17, 15) is 14.9 Å². The molecule has 0 spiro atoms. The molecular weight excluding hydrogens is 346 g/mol. The molecular formula is C13H8BrNO4S. The van der Waals surface area contributed by atoms with Crippen molar-refractivity contribution in [1.29, 1.82) is 0 Å². The van der Waals surface area contributed by atoms with Crippen LogP contribution < -0.4 is 0 Å². The monoisotopic (exact) mass is 353 g/mol. The summed E-state index contributed by atoms with van der Waals surface area (Å²) in [5, 5.41) is 19.8. The average Bonchev–Trinajstić information content (AvgIpc) is 2.41. The summed E-state index contributed by atoms with van der Waals surface area (Å²) < 4.78 is 0.920. The van der Waals surface area contributed by atoms with E-state index in [1.54, 1.807) is 0 Å². The van der Waals surface area contributed by atoms with Gasteiger partial charge in [0, 0.05) is 26.4 Å². The molecule has 0 saturated heterocycles. The lowest BCUT2D eigenvalue weighted by Crippen LogP contribution is -2.00. The van der Waals surface area contributed by atoms with Crippen LogP contribution in [-0.4, -0.2) is 16.0 Å². The SMILES string of the molecule is O=C(O)c1cc([N+](=O)[O-])ccc1Sc1ccc(Br)cc1. The first-order valence-electron chi connectivity index (χ1n) is 5.42. The number of carbonyl (C=O) groups is 1. The standard InChI is InChI=1S/C13H8BrNO4S/c14-8-1-4-10(5-2-8)20-12-6-3-9(15(18)19)7-11(12)13(16)17/h1-7H,(H,16,17). The molecule has 1 N–H and O–H groups in total. The fourth-order valence-electron chi connectivity index (χ4n) is 1.52. The molecule has 2 aromatic carbocycles. The second-order valence-electron chi connectivity index (χ2n) is 3.80. The number of rotatable bonds is 4. The second kappa shape index (κ2) is 6.06. The van der Waals surface area contributed by atoms with Crippen LogP contribution in [0.25, 0.3) is 0 Å². The van der Waals surface area contributed by atoms with Gasteiger partial charge in [-0.05, 0) is 30.3 Å². The van der Waals surface area contributed by atoms with Gasteiger partial charge in [-0.2, -0.15) is 0 Å². The third kappa shape index (κ3) is 3.37. The molecule has 5 nitrogen and oxygen atoms in total.